The zero-order valence-corrected chi connectivity index (χ0v) is 16.9. The molecule has 2 aromatic rings. The van der Waals surface area contributed by atoms with Gasteiger partial charge >= 0.3 is 0 Å². The van der Waals surface area contributed by atoms with E-state index in [1.54, 1.807) is 49.5 Å². The number of likely N-dealkylation sites (N-methyl/N-ethyl adjacent to an activating group) is 1. The van der Waals surface area contributed by atoms with Gasteiger partial charge in [0, 0.05) is 31.3 Å². The molecule has 2 N–H and O–H groups in total. The summed E-state index contributed by atoms with van der Waals surface area (Å²) in [7, 11) is 1.55. The van der Waals surface area contributed by atoms with Crippen LogP contribution in [0, 0.1) is 0 Å². The van der Waals surface area contributed by atoms with Crippen LogP contribution < -0.4 is 10.6 Å². The Morgan fingerprint density at radius 3 is 2.39 bits per heavy atom. The number of carbonyl (C=O) groups excluding carboxylic acids is 3. The number of carbonyl (C=O) groups is 3. The summed E-state index contributed by atoms with van der Waals surface area (Å²) in [5, 5.41) is 6.16. The third-order valence-electron chi connectivity index (χ3n) is 3.90. The number of anilines is 1. The van der Waals surface area contributed by atoms with Gasteiger partial charge in [-0.15, -0.1) is 0 Å². The van der Waals surface area contributed by atoms with Crippen molar-refractivity contribution in [2.75, 3.05) is 25.5 Å². The van der Waals surface area contributed by atoms with E-state index >= 15 is 0 Å². The first-order valence-electron chi connectivity index (χ1n) is 8.69. The first kappa shape index (κ1) is 21.7. The van der Waals surface area contributed by atoms with Gasteiger partial charge < -0.3 is 15.5 Å². The number of halogens is 2. The molecule has 3 amide bonds. The van der Waals surface area contributed by atoms with Gasteiger partial charge in [0.05, 0.1) is 16.6 Å². The van der Waals surface area contributed by atoms with Crippen molar-refractivity contribution in [1.82, 2.24) is 10.2 Å². The fraction of sp³-hybridized carbons (Fsp3) is 0.250. The Balaban J connectivity index is 1.69. The molecule has 2 rings (SSSR count). The lowest BCUT2D eigenvalue weighted by Crippen LogP contribution is -2.35. The van der Waals surface area contributed by atoms with Crippen molar-refractivity contribution in [2.24, 2.45) is 0 Å². The number of amides is 3. The van der Waals surface area contributed by atoms with E-state index in [0.29, 0.717) is 34.3 Å². The second kappa shape index (κ2) is 10.7. The van der Waals surface area contributed by atoms with Gasteiger partial charge in [-0.05, 0) is 36.8 Å². The average Bonchev–Trinajstić information content (AvgIpc) is 2.68. The highest BCUT2D eigenvalue weighted by Crippen LogP contribution is 2.24. The predicted molar refractivity (Wildman–Crippen MR) is 111 cm³/mol. The summed E-state index contributed by atoms with van der Waals surface area (Å²) >= 11 is 11.7. The number of nitrogens with zero attached hydrogens (tertiary/aromatic N) is 1. The Kier molecular flexibility index (Phi) is 8.29. The van der Waals surface area contributed by atoms with Gasteiger partial charge in [-0.3, -0.25) is 14.4 Å². The topological polar surface area (TPSA) is 78.5 Å². The van der Waals surface area contributed by atoms with Gasteiger partial charge in [0.15, 0.2) is 0 Å². The molecule has 0 aromatic heterocycles. The lowest BCUT2D eigenvalue weighted by Gasteiger charge is -2.17. The van der Waals surface area contributed by atoms with Crippen molar-refractivity contribution in [3.8, 4) is 0 Å². The number of rotatable bonds is 8. The fourth-order valence-electron chi connectivity index (χ4n) is 2.40. The highest BCUT2D eigenvalue weighted by Gasteiger charge is 2.13. The minimum Gasteiger partial charge on any atom is -0.352 e. The molecule has 0 aliphatic heterocycles. The largest absolute Gasteiger partial charge is 0.352 e. The Morgan fingerprint density at radius 2 is 1.71 bits per heavy atom. The van der Waals surface area contributed by atoms with Crippen molar-refractivity contribution in [1.29, 1.82) is 0 Å². The Hall–Kier alpha value is -2.57. The molecule has 148 valence electrons. The summed E-state index contributed by atoms with van der Waals surface area (Å²) in [4.78, 5) is 37.5. The first-order chi connectivity index (χ1) is 13.4. The molecule has 2 aromatic carbocycles. The van der Waals surface area contributed by atoms with E-state index in [1.807, 2.05) is 6.07 Å². The standard InChI is InChI=1S/C20H21Cl2N3O3/c1-25(13-18(26)24-15-9-10-16(21)17(22)12-15)19(27)8-5-11-23-20(28)14-6-3-2-4-7-14/h2-4,6-7,9-10,12H,5,8,11,13H2,1H3,(H,23,28)(H,24,26). The highest BCUT2D eigenvalue weighted by atomic mass is 35.5. The van der Waals surface area contributed by atoms with Gasteiger partial charge in [-0.2, -0.15) is 0 Å². The smallest absolute Gasteiger partial charge is 0.251 e. The summed E-state index contributed by atoms with van der Waals surface area (Å²) in [6.07, 6.45) is 0.710. The Morgan fingerprint density at radius 1 is 1.00 bits per heavy atom. The normalized spacial score (nSPS) is 10.2. The van der Waals surface area contributed by atoms with Crippen molar-refractivity contribution in [3.63, 3.8) is 0 Å². The number of benzene rings is 2. The molecule has 0 saturated heterocycles. The monoisotopic (exact) mass is 421 g/mol. The lowest BCUT2D eigenvalue weighted by molar-refractivity contribution is -0.133. The molecule has 0 aliphatic rings. The minimum atomic E-state index is -0.341. The maximum atomic E-state index is 12.1. The molecule has 0 unspecified atom stereocenters. The SMILES string of the molecule is CN(CC(=O)Nc1ccc(Cl)c(Cl)c1)C(=O)CCCNC(=O)c1ccccc1. The number of nitrogens with one attached hydrogen (secondary N) is 2. The average molecular weight is 422 g/mol. The lowest BCUT2D eigenvalue weighted by atomic mass is 10.2. The maximum Gasteiger partial charge on any atom is 0.251 e. The van der Waals surface area contributed by atoms with E-state index < -0.39 is 0 Å². The van der Waals surface area contributed by atoms with Crippen molar-refractivity contribution in [3.05, 3.63) is 64.1 Å². The van der Waals surface area contributed by atoms with Crippen LogP contribution in [0.25, 0.3) is 0 Å². The fourth-order valence-corrected chi connectivity index (χ4v) is 2.70. The van der Waals surface area contributed by atoms with E-state index in [-0.39, 0.29) is 30.7 Å². The molecule has 6 nitrogen and oxygen atoms in total. The Labute approximate surface area is 173 Å². The molecule has 8 heteroatoms. The van der Waals surface area contributed by atoms with Crippen LogP contribution in [0.1, 0.15) is 23.2 Å². The van der Waals surface area contributed by atoms with Crippen LogP contribution in [0.4, 0.5) is 5.69 Å². The van der Waals surface area contributed by atoms with Gasteiger partial charge in [0.1, 0.15) is 0 Å². The molecule has 0 aliphatic carbocycles. The Bertz CT molecular complexity index is 844. The molecule has 0 bridgehead atoms. The van der Waals surface area contributed by atoms with Crippen LogP contribution >= 0.6 is 23.2 Å². The maximum absolute atomic E-state index is 12.1. The van der Waals surface area contributed by atoms with E-state index in [4.69, 9.17) is 23.2 Å². The summed E-state index contributed by atoms with van der Waals surface area (Å²) < 4.78 is 0. The molecule has 28 heavy (non-hydrogen) atoms. The minimum absolute atomic E-state index is 0.0878. The predicted octanol–water partition coefficient (Wildman–Crippen LogP) is 3.60. The van der Waals surface area contributed by atoms with E-state index in [9.17, 15) is 14.4 Å². The number of hydrogen-bond acceptors (Lipinski definition) is 3. The second-order valence-corrected chi connectivity index (χ2v) is 6.97. The molecule has 0 radical (unpaired) electrons. The summed E-state index contributed by atoms with van der Waals surface area (Å²) in [5.74, 6) is -0.702. The molecule has 0 heterocycles. The van der Waals surface area contributed by atoms with Gasteiger partial charge in [-0.1, -0.05) is 41.4 Å². The van der Waals surface area contributed by atoms with Gasteiger partial charge in [0.2, 0.25) is 11.8 Å². The van der Waals surface area contributed by atoms with Crippen LogP contribution in [0.15, 0.2) is 48.5 Å². The zero-order chi connectivity index (χ0) is 20.5. The summed E-state index contributed by atoms with van der Waals surface area (Å²) in [6, 6.07) is 13.6. The van der Waals surface area contributed by atoms with Gasteiger partial charge in [-0.25, -0.2) is 0 Å². The van der Waals surface area contributed by atoms with Gasteiger partial charge in [0.25, 0.3) is 5.91 Å². The molecule has 0 fully saturated rings. The first-order valence-corrected chi connectivity index (χ1v) is 9.44. The van der Waals surface area contributed by atoms with Crippen LogP contribution in [0.2, 0.25) is 10.0 Å². The number of hydrogen-bond donors (Lipinski definition) is 2. The molecule has 0 atom stereocenters. The van der Waals surface area contributed by atoms with E-state index in [0.717, 1.165) is 0 Å². The molecular weight excluding hydrogens is 401 g/mol. The van der Waals surface area contributed by atoms with Crippen LogP contribution in [-0.4, -0.2) is 42.8 Å². The molecular formula is C20H21Cl2N3O3. The van der Waals surface area contributed by atoms with Crippen molar-refractivity contribution >= 4 is 46.6 Å². The van der Waals surface area contributed by atoms with Crippen LogP contribution in [-0.2, 0) is 9.59 Å². The highest BCUT2D eigenvalue weighted by molar-refractivity contribution is 6.42. The van der Waals surface area contributed by atoms with Crippen LogP contribution in [0.3, 0.4) is 0 Å². The summed E-state index contributed by atoms with van der Waals surface area (Å²) in [6.45, 7) is 0.290. The third kappa shape index (κ3) is 6.87. The van der Waals surface area contributed by atoms with Crippen molar-refractivity contribution in [2.45, 2.75) is 12.8 Å². The molecule has 0 spiro atoms. The van der Waals surface area contributed by atoms with E-state index in [2.05, 4.69) is 10.6 Å². The second-order valence-electron chi connectivity index (χ2n) is 6.15. The summed E-state index contributed by atoms with van der Waals surface area (Å²) in [5.41, 5.74) is 1.08. The van der Waals surface area contributed by atoms with Crippen LogP contribution in [0.5, 0.6) is 0 Å². The third-order valence-corrected chi connectivity index (χ3v) is 4.64. The quantitative estimate of drug-likeness (QED) is 0.639. The van der Waals surface area contributed by atoms with Crippen molar-refractivity contribution < 1.29 is 14.4 Å². The molecule has 0 saturated carbocycles. The zero-order valence-electron chi connectivity index (χ0n) is 15.4. The van der Waals surface area contributed by atoms with E-state index in [1.165, 1.54) is 4.90 Å².